The Hall–Kier alpha value is -0.390. The van der Waals surface area contributed by atoms with Crippen molar-refractivity contribution in [2.75, 3.05) is 26.8 Å². The first-order valence-corrected chi connectivity index (χ1v) is 6.39. The molecule has 92 valence electrons. The molecule has 0 saturated heterocycles. The van der Waals surface area contributed by atoms with Crippen molar-refractivity contribution in [2.45, 2.75) is 19.8 Å². The number of aromatic nitrogens is 2. The predicted molar refractivity (Wildman–Crippen MR) is 68.7 cm³/mol. The van der Waals surface area contributed by atoms with E-state index in [4.69, 9.17) is 4.74 Å². The van der Waals surface area contributed by atoms with Crippen LogP contribution in [0.25, 0.3) is 0 Å². The average molecular weight is 290 g/mol. The number of nitrogens with one attached hydrogen (secondary N) is 1. The smallest absolute Gasteiger partial charge is 0.0766 e. The molecular weight excluding hydrogens is 270 g/mol. The van der Waals surface area contributed by atoms with Crippen molar-refractivity contribution in [3.8, 4) is 0 Å². The molecule has 0 fully saturated rings. The maximum absolute atomic E-state index is 4.97. The van der Waals surface area contributed by atoms with Gasteiger partial charge in [-0.2, -0.15) is 5.10 Å². The number of hydrogen-bond donors (Lipinski definition) is 1. The summed E-state index contributed by atoms with van der Waals surface area (Å²) in [5, 5.41) is 7.79. The number of aryl methyl sites for hydroxylation is 2. The zero-order valence-electron chi connectivity index (χ0n) is 10.2. The third-order valence-corrected chi connectivity index (χ3v) is 3.44. The first-order chi connectivity index (χ1) is 7.70. The van der Waals surface area contributed by atoms with Gasteiger partial charge in [0.15, 0.2) is 0 Å². The van der Waals surface area contributed by atoms with Crippen LogP contribution in [0.2, 0.25) is 0 Å². The van der Waals surface area contributed by atoms with Crippen LogP contribution in [0, 0.1) is 0 Å². The van der Waals surface area contributed by atoms with Crippen molar-refractivity contribution in [3.05, 3.63) is 15.9 Å². The highest BCUT2D eigenvalue weighted by Crippen LogP contribution is 2.21. The molecule has 16 heavy (non-hydrogen) atoms. The lowest BCUT2D eigenvalue weighted by Gasteiger charge is -2.05. The first kappa shape index (κ1) is 13.7. The summed E-state index contributed by atoms with van der Waals surface area (Å²) in [6.45, 7) is 4.72. The van der Waals surface area contributed by atoms with Gasteiger partial charge in [0.05, 0.1) is 22.5 Å². The van der Waals surface area contributed by atoms with Gasteiger partial charge in [-0.1, -0.05) is 6.92 Å². The summed E-state index contributed by atoms with van der Waals surface area (Å²) >= 11 is 3.61. The molecule has 0 aromatic carbocycles. The van der Waals surface area contributed by atoms with Gasteiger partial charge in [-0.3, -0.25) is 4.68 Å². The van der Waals surface area contributed by atoms with E-state index in [2.05, 4.69) is 33.3 Å². The van der Waals surface area contributed by atoms with Crippen molar-refractivity contribution in [2.24, 2.45) is 7.05 Å². The van der Waals surface area contributed by atoms with Gasteiger partial charge < -0.3 is 10.1 Å². The Kier molecular flexibility index (Phi) is 6.01. The summed E-state index contributed by atoms with van der Waals surface area (Å²) in [6.07, 6.45) is 1.94. The Morgan fingerprint density at radius 2 is 2.19 bits per heavy atom. The van der Waals surface area contributed by atoms with Crippen LogP contribution in [0.5, 0.6) is 0 Å². The number of methoxy groups -OCH3 is 1. The molecule has 1 aromatic heterocycles. The third-order valence-electron chi connectivity index (χ3n) is 2.52. The maximum Gasteiger partial charge on any atom is 0.0766 e. The molecule has 0 saturated carbocycles. The molecule has 0 aliphatic carbocycles. The summed E-state index contributed by atoms with van der Waals surface area (Å²) in [6, 6.07) is 0. The van der Waals surface area contributed by atoms with E-state index in [1.807, 2.05) is 11.7 Å². The minimum Gasteiger partial charge on any atom is -0.383 e. The molecule has 0 radical (unpaired) electrons. The van der Waals surface area contributed by atoms with Gasteiger partial charge in [0.2, 0.25) is 0 Å². The molecule has 5 heteroatoms. The molecular formula is C11H20BrN3O. The Labute approximate surface area is 105 Å². The first-order valence-electron chi connectivity index (χ1n) is 5.60. The topological polar surface area (TPSA) is 39.1 Å². The Morgan fingerprint density at radius 1 is 1.44 bits per heavy atom. The molecule has 0 bridgehead atoms. The molecule has 0 spiro atoms. The number of hydrogen-bond acceptors (Lipinski definition) is 3. The lowest BCUT2D eigenvalue weighted by molar-refractivity contribution is 0.199. The standard InChI is InChI=1S/C11H20BrN3O/c1-4-9-11(12)10(15(2)14-9)5-6-13-7-8-16-3/h13H,4-8H2,1-3H3. The second-order valence-corrected chi connectivity index (χ2v) is 4.47. The Morgan fingerprint density at radius 3 is 2.75 bits per heavy atom. The quantitative estimate of drug-likeness (QED) is 0.774. The van der Waals surface area contributed by atoms with E-state index in [0.717, 1.165) is 42.7 Å². The molecule has 4 nitrogen and oxygen atoms in total. The second kappa shape index (κ2) is 7.04. The monoisotopic (exact) mass is 289 g/mol. The number of nitrogens with zero attached hydrogens (tertiary/aromatic N) is 2. The molecule has 0 atom stereocenters. The normalized spacial score (nSPS) is 11.0. The van der Waals surface area contributed by atoms with Gasteiger partial charge in [0.1, 0.15) is 0 Å². The minimum absolute atomic E-state index is 0.757. The zero-order valence-corrected chi connectivity index (χ0v) is 11.8. The fourth-order valence-corrected chi connectivity index (χ4v) is 2.41. The molecule has 0 amide bonds. The largest absolute Gasteiger partial charge is 0.383 e. The van der Waals surface area contributed by atoms with Gasteiger partial charge in [-0.25, -0.2) is 0 Å². The summed E-state index contributed by atoms with van der Waals surface area (Å²) in [5.41, 5.74) is 2.39. The summed E-state index contributed by atoms with van der Waals surface area (Å²) < 4.78 is 8.09. The SMILES string of the molecule is CCc1nn(C)c(CCNCCOC)c1Br. The van der Waals surface area contributed by atoms with Crippen molar-refractivity contribution < 1.29 is 4.74 Å². The highest BCUT2D eigenvalue weighted by atomic mass is 79.9. The van der Waals surface area contributed by atoms with Crippen molar-refractivity contribution in [3.63, 3.8) is 0 Å². The molecule has 0 aliphatic heterocycles. The van der Waals surface area contributed by atoms with Crippen molar-refractivity contribution in [1.82, 2.24) is 15.1 Å². The summed E-state index contributed by atoms with van der Waals surface area (Å²) in [5.74, 6) is 0. The van der Waals surface area contributed by atoms with E-state index < -0.39 is 0 Å². The summed E-state index contributed by atoms with van der Waals surface area (Å²) in [7, 11) is 3.71. The van der Waals surface area contributed by atoms with Crippen LogP contribution in [0.4, 0.5) is 0 Å². The Balaban J connectivity index is 2.44. The number of halogens is 1. The van der Waals surface area contributed by atoms with Crippen molar-refractivity contribution in [1.29, 1.82) is 0 Å². The van der Waals surface area contributed by atoms with E-state index in [-0.39, 0.29) is 0 Å². The van der Waals surface area contributed by atoms with Gasteiger partial charge >= 0.3 is 0 Å². The van der Waals surface area contributed by atoms with Gasteiger partial charge in [-0.15, -0.1) is 0 Å². The van der Waals surface area contributed by atoms with E-state index in [1.54, 1.807) is 7.11 Å². The van der Waals surface area contributed by atoms with E-state index in [9.17, 15) is 0 Å². The molecule has 1 rings (SSSR count). The highest BCUT2D eigenvalue weighted by molar-refractivity contribution is 9.10. The van der Waals surface area contributed by atoms with Crippen molar-refractivity contribution >= 4 is 15.9 Å². The number of ether oxygens (including phenoxy) is 1. The molecule has 1 N–H and O–H groups in total. The second-order valence-electron chi connectivity index (χ2n) is 3.68. The third kappa shape index (κ3) is 3.57. The maximum atomic E-state index is 4.97. The van der Waals surface area contributed by atoms with Gasteiger partial charge in [-0.05, 0) is 22.4 Å². The van der Waals surface area contributed by atoms with E-state index >= 15 is 0 Å². The fraction of sp³-hybridized carbons (Fsp3) is 0.727. The van der Waals surface area contributed by atoms with Gasteiger partial charge in [0.25, 0.3) is 0 Å². The number of rotatable bonds is 7. The van der Waals surface area contributed by atoms with Gasteiger partial charge in [0, 0.05) is 33.7 Å². The lowest BCUT2D eigenvalue weighted by Crippen LogP contribution is -2.22. The summed E-state index contributed by atoms with van der Waals surface area (Å²) in [4.78, 5) is 0. The average Bonchev–Trinajstić information content (AvgIpc) is 2.55. The van der Waals surface area contributed by atoms with E-state index in [0.29, 0.717) is 0 Å². The predicted octanol–water partition coefficient (Wildman–Crippen LogP) is 1.52. The fourth-order valence-electron chi connectivity index (χ4n) is 1.60. The lowest BCUT2D eigenvalue weighted by atomic mass is 10.2. The van der Waals surface area contributed by atoms with Crippen LogP contribution >= 0.6 is 15.9 Å². The molecule has 1 aromatic rings. The Bertz CT molecular complexity index is 325. The van der Waals surface area contributed by atoms with Crippen LogP contribution in [0.1, 0.15) is 18.3 Å². The minimum atomic E-state index is 0.757. The highest BCUT2D eigenvalue weighted by Gasteiger charge is 2.11. The van der Waals surface area contributed by atoms with Crippen LogP contribution in [-0.2, 0) is 24.6 Å². The zero-order chi connectivity index (χ0) is 12.0. The molecule has 1 heterocycles. The van der Waals surface area contributed by atoms with Crippen LogP contribution < -0.4 is 5.32 Å². The van der Waals surface area contributed by atoms with Crippen LogP contribution in [-0.4, -0.2) is 36.6 Å². The van der Waals surface area contributed by atoms with Crippen LogP contribution in [0.3, 0.4) is 0 Å². The molecule has 0 unspecified atom stereocenters. The van der Waals surface area contributed by atoms with Crippen LogP contribution in [0.15, 0.2) is 4.47 Å². The van der Waals surface area contributed by atoms with E-state index in [1.165, 1.54) is 5.69 Å². The molecule has 0 aliphatic rings.